The number of allylic oxidation sites excluding steroid dienone is 1. The summed E-state index contributed by atoms with van der Waals surface area (Å²) in [5, 5.41) is 8.11. The van der Waals surface area contributed by atoms with Gasteiger partial charge in [-0.25, -0.2) is 4.79 Å². The molecule has 0 saturated heterocycles. The third kappa shape index (κ3) is 3.19. The van der Waals surface area contributed by atoms with Gasteiger partial charge in [0.05, 0.1) is 5.31 Å². The molecule has 0 aliphatic carbocycles. The van der Waals surface area contributed by atoms with E-state index < -0.39 is 30.1 Å². The minimum atomic E-state index is -4.44. The third-order valence-corrected chi connectivity index (χ3v) is 5.19. The molecule has 18 heavy (non-hydrogen) atoms. The smallest absolute Gasteiger partial charge is 0.365 e. The van der Waals surface area contributed by atoms with Crippen molar-refractivity contribution in [2.24, 2.45) is 5.41 Å². The van der Waals surface area contributed by atoms with Gasteiger partial charge in [-0.1, -0.05) is 20.8 Å². The highest BCUT2D eigenvalue weighted by Crippen LogP contribution is 2.62. The summed E-state index contributed by atoms with van der Waals surface area (Å²) >= 11 is 0. The predicted octanol–water partition coefficient (Wildman–Crippen LogP) is 3.30. The van der Waals surface area contributed by atoms with Crippen molar-refractivity contribution < 1.29 is 28.3 Å². The van der Waals surface area contributed by atoms with Gasteiger partial charge in [-0.2, -0.15) is 4.39 Å². The van der Waals surface area contributed by atoms with E-state index in [2.05, 4.69) is 4.52 Å². The largest absolute Gasteiger partial charge is 0.476 e. The fourth-order valence-electron chi connectivity index (χ4n) is 2.10. The topological polar surface area (TPSA) is 83.8 Å². The summed E-state index contributed by atoms with van der Waals surface area (Å²) in [7, 11) is -3.48. The number of aliphatic carboxylic acids is 1. The summed E-state index contributed by atoms with van der Waals surface area (Å²) in [5.41, 5.74) is -0.983. The van der Waals surface area contributed by atoms with Crippen LogP contribution in [0.25, 0.3) is 0 Å². The molecular weight excluding hydrogens is 262 g/mol. The van der Waals surface area contributed by atoms with Gasteiger partial charge in [-0.3, -0.25) is 4.57 Å². The average molecular weight is 282 g/mol. The van der Waals surface area contributed by atoms with E-state index in [-0.39, 0.29) is 0 Å². The molecule has 0 amide bonds. The first-order valence-corrected chi connectivity index (χ1v) is 7.32. The molecule has 0 fully saturated rings. The van der Waals surface area contributed by atoms with Crippen LogP contribution in [0.15, 0.2) is 11.1 Å². The molecule has 0 saturated carbocycles. The Kier molecular flexibility index (Phi) is 6.20. The molecule has 5 nitrogen and oxygen atoms in total. The fourth-order valence-corrected chi connectivity index (χ4v) is 3.70. The van der Waals surface area contributed by atoms with Gasteiger partial charge in [0.15, 0.2) is 0 Å². The molecule has 0 rings (SSSR count). The van der Waals surface area contributed by atoms with E-state index in [1.165, 1.54) is 0 Å². The van der Waals surface area contributed by atoms with E-state index in [1.54, 1.807) is 20.8 Å². The third-order valence-electron chi connectivity index (χ3n) is 3.46. The van der Waals surface area contributed by atoms with Crippen LogP contribution in [-0.2, 0) is 13.9 Å². The number of carbonyl (C=O) groups is 1. The lowest BCUT2D eigenvalue weighted by Gasteiger charge is -2.34. The van der Waals surface area contributed by atoms with Crippen LogP contribution >= 0.6 is 7.60 Å². The van der Waals surface area contributed by atoms with Crippen LogP contribution in [0.3, 0.4) is 0 Å². The van der Waals surface area contributed by atoms with Gasteiger partial charge in [-0.15, -0.1) is 0 Å². The number of carboxylic acid groups (broad SMARTS) is 1. The molecule has 1 atom stereocenters. The lowest BCUT2D eigenvalue weighted by atomic mass is 9.79. The Labute approximate surface area is 106 Å². The second-order valence-electron chi connectivity index (χ2n) is 4.01. The van der Waals surface area contributed by atoms with Crippen molar-refractivity contribution in [1.82, 2.24) is 0 Å². The number of rotatable bonds is 7. The maximum Gasteiger partial charge on any atom is 0.365 e. The molecule has 2 N–H and O–H groups in total. The zero-order valence-corrected chi connectivity index (χ0v) is 12.0. The van der Waals surface area contributed by atoms with E-state index in [0.717, 1.165) is 7.11 Å². The second kappa shape index (κ2) is 6.45. The molecule has 1 unspecified atom stereocenters. The Morgan fingerprint density at radius 2 is 1.67 bits per heavy atom. The van der Waals surface area contributed by atoms with Gasteiger partial charge in [-0.05, 0) is 19.3 Å². The highest BCUT2D eigenvalue weighted by Gasteiger charge is 2.44. The van der Waals surface area contributed by atoms with E-state index >= 15 is 0 Å². The molecule has 0 spiro atoms. The van der Waals surface area contributed by atoms with Crippen molar-refractivity contribution in [2.75, 3.05) is 7.11 Å². The standard InChI is InChI=1S/C11H20FO5P/c1-5-11(6-2,7-3)9(8(12)10(13)14)18(15,16)17-4/h5-7H2,1-4H3,(H,13,14)(H,15,16)/b9-8+. The molecule has 0 bridgehead atoms. The maximum absolute atomic E-state index is 13.8. The Morgan fingerprint density at radius 3 is 1.89 bits per heavy atom. The molecule has 106 valence electrons. The van der Waals surface area contributed by atoms with Crippen LogP contribution in [0.1, 0.15) is 40.0 Å². The van der Waals surface area contributed by atoms with E-state index in [1.807, 2.05) is 0 Å². The van der Waals surface area contributed by atoms with E-state index in [0.29, 0.717) is 19.3 Å². The zero-order valence-electron chi connectivity index (χ0n) is 11.1. The van der Waals surface area contributed by atoms with Gasteiger partial charge in [0, 0.05) is 12.5 Å². The Balaban J connectivity index is 6.18. The molecular formula is C11H20FO5P. The number of hydrogen-bond donors (Lipinski definition) is 2. The van der Waals surface area contributed by atoms with Gasteiger partial charge >= 0.3 is 13.6 Å². The van der Waals surface area contributed by atoms with E-state index in [4.69, 9.17) is 5.11 Å². The summed E-state index contributed by atoms with van der Waals surface area (Å²) in [6.45, 7) is 5.16. The zero-order chi connectivity index (χ0) is 14.6. The minimum absolute atomic E-state index is 0.351. The van der Waals surface area contributed by atoms with Crippen molar-refractivity contribution in [2.45, 2.75) is 40.0 Å². The normalized spacial score (nSPS) is 17.0. The van der Waals surface area contributed by atoms with E-state index in [9.17, 15) is 18.6 Å². The fraction of sp³-hybridized carbons (Fsp3) is 0.727. The second-order valence-corrected chi connectivity index (χ2v) is 5.86. The summed E-state index contributed by atoms with van der Waals surface area (Å²) in [4.78, 5) is 20.5. The summed E-state index contributed by atoms with van der Waals surface area (Å²) in [6.07, 6.45) is 1.05. The van der Waals surface area contributed by atoms with Crippen LogP contribution in [0.5, 0.6) is 0 Å². The Morgan fingerprint density at radius 1 is 1.28 bits per heavy atom. The van der Waals surface area contributed by atoms with Crippen molar-refractivity contribution >= 4 is 13.6 Å². The van der Waals surface area contributed by atoms with Crippen molar-refractivity contribution in [3.05, 3.63) is 11.1 Å². The molecule has 0 radical (unpaired) electrons. The van der Waals surface area contributed by atoms with Crippen molar-refractivity contribution in [3.63, 3.8) is 0 Å². The molecule has 0 aliphatic rings. The van der Waals surface area contributed by atoms with Gasteiger partial charge in [0.25, 0.3) is 0 Å². The lowest BCUT2D eigenvalue weighted by Crippen LogP contribution is -2.24. The summed E-state index contributed by atoms with van der Waals surface area (Å²) in [5.74, 6) is -3.44. The highest BCUT2D eigenvalue weighted by molar-refractivity contribution is 7.57. The monoisotopic (exact) mass is 282 g/mol. The van der Waals surface area contributed by atoms with Crippen LogP contribution < -0.4 is 0 Å². The summed E-state index contributed by atoms with van der Waals surface area (Å²) in [6, 6.07) is 0. The quantitative estimate of drug-likeness (QED) is 0.553. The summed E-state index contributed by atoms with van der Waals surface area (Å²) < 4.78 is 30.2. The number of hydrogen-bond acceptors (Lipinski definition) is 3. The predicted molar refractivity (Wildman–Crippen MR) is 65.9 cm³/mol. The average Bonchev–Trinajstić information content (AvgIpc) is 2.35. The Bertz CT molecular complexity index is 379. The van der Waals surface area contributed by atoms with Crippen LogP contribution in [0.2, 0.25) is 0 Å². The number of halogens is 1. The molecule has 0 aromatic heterocycles. The molecule has 0 heterocycles. The van der Waals surface area contributed by atoms with Crippen molar-refractivity contribution in [1.29, 1.82) is 0 Å². The maximum atomic E-state index is 13.8. The lowest BCUT2D eigenvalue weighted by molar-refractivity contribution is -0.134. The van der Waals surface area contributed by atoms with Crippen molar-refractivity contribution in [3.8, 4) is 0 Å². The Hall–Kier alpha value is -0.710. The molecule has 0 aliphatic heterocycles. The SMILES string of the molecule is CCC(CC)(CC)/C(=C(\F)C(=O)O)P(=O)(O)OC. The highest BCUT2D eigenvalue weighted by atomic mass is 31.2. The van der Waals surface area contributed by atoms with Crippen LogP contribution in [-0.4, -0.2) is 23.1 Å². The first-order chi connectivity index (χ1) is 8.22. The number of carboxylic acids is 1. The van der Waals surface area contributed by atoms with Crippen LogP contribution in [0.4, 0.5) is 4.39 Å². The van der Waals surface area contributed by atoms with Gasteiger partial charge in [0.1, 0.15) is 0 Å². The van der Waals surface area contributed by atoms with Gasteiger partial charge in [0.2, 0.25) is 5.83 Å². The van der Waals surface area contributed by atoms with Gasteiger partial charge < -0.3 is 14.5 Å². The molecule has 0 aromatic rings. The first-order valence-electron chi connectivity index (χ1n) is 5.75. The first kappa shape index (κ1) is 17.3. The molecule has 0 aromatic carbocycles. The minimum Gasteiger partial charge on any atom is -0.476 e. The molecule has 7 heteroatoms. The van der Waals surface area contributed by atoms with Crippen LogP contribution in [0, 0.1) is 5.41 Å².